The quantitative estimate of drug-likeness (QED) is 0.776. The maximum Gasteiger partial charge on any atom is 0.306 e. The van der Waals surface area contributed by atoms with Crippen molar-refractivity contribution in [1.82, 2.24) is 5.32 Å². The summed E-state index contributed by atoms with van der Waals surface area (Å²) >= 11 is 0. The Morgan fingerprint density at radius 3 is 2.52 bits per heavy atom. The van der Waals surface area contributed by atoms with Crippen LogP contribution in [0.15, 0.2) is 24.3 Å². The van der Waals surface area contributed by atoms with Gasteiger partial charge in [-0.15, -0.1) is 0 Å². The van der Waals surface area contributed by atoms with Gasteiger partial charge in [0.1, 0.15) is 0 Å². The van der Waals surface area contributed by atoms with Crippen LogP contribution in [-0.4, -0.2) is 22.9 Å². The zero-order valence-corrected chi connectivity index (χ0v) is 13.3. The van der Waals surface area contributed by atoms with Crippen molar-refractivity contribution in [2.45, 2.75) is 39.2 Å². The van der Waals surface area contributed by atoms with Crippen LogP contribution >= 0.6 is 0 Å². The molecule has 1 saturated carbocycles. The summed E-state index contributed by atoms with van der Waals surface area (Å²) in [6, 6.07) is 7.10. The van der Waals surface area contributed by atoms with Gasteiger partial charge in [-0.3, -0.25) is 14.4 Å². The average Bonchev–Trinajstić information content (AvgIpc) is 2.97. The van der Waals surface area contributed by atoms with Crippen molar-refractivity contribution in [1.29, 1.82) is 0 Å². The molecule has 0 saturated heterocycles. The summed E-state index contributed by atoms with van der Waals surface area (Å²) in [5.41, 5.74) is 1.57. The summed E-state index contributed by atoms with van der Waals surface area (Å²) in [4.78, 5) is 34.4. The molecule has 1 aliphatic carbocycles. The van der Waals surface area contributed by atoms with Crippen LogP contribution in [0.1, 0.15) is 44.7 Å². The van der Waals surface area contributed by atoms with Gasteiger partial charge in [-0.05, 0) is 43.9 Å². The summed E-state index contributed by atoms with van der Waals surface area (Å²) in [6.45, 7) is 3.31. The van der Waals surface area contributed by atoms with E-state index in [1.165, 1.54) is 6.92 Å². The first-order chi connectivity index (χ1) is 10.9. The first kappa shape index (κ1) is 17.0. The first-order valence-electron chi connectivity index (χ1n) is 7.77. The molecular formula is C17H22N2O4. The third-order valence-electron chi connectivity index (χ3n) is 4.22. The molecular weight excluding hydrogens is 296 g/mol. The number of rotatable bonds is 5. The van der Waals surface area contributed by atoms with Gasteiger partial charge >= 0.3 is 5.97 Å². The van der Waals surface area contributed by atoms with Crippen LogP contribution in [0.5, 0.6) is 0 Å². The molecule has 1 unspecified atom stereocenters. The van der Waals surface area contributed by atoms with E-state index in [-0.39, 0.29) is 23.8 Å². The lowest BCUT2D eigenvalue weighted by Gasteiger charge is -2.18. The molecule has 6 heteroatoms. The predicted octanol–water partition coefficient (Wildman–Crippen LogP) is 2.32. The minimum atomic E-state index is -0.823. The molecule has 0 radical (unpaired) electrons. The predicted molar refractivity (Wildman–Crippen MR) is 85.8 cm³/mol. The van der Waals surface area contributed by atoms with Crippen LogP contribution in [-0.2, 0) is 14.4 Å². The van der Waals surface area contributed by atoms with Crippen LogP contribution in [0.3, 0.4) is 0 Å². The topological polar surface area (TPSA) is 95.5 Å². The molecule has 3 N–H and O–H groups in total. The molecule has 0 aromatic heterocycles. The Morgan fingerprint density at radius 1 is 1.22 bits per heavy atom. The highest BCUT2D eigenvalue weighted by Gasteiger charge is 2.34. The summed E-state index contributed by atoms with van der Waals surface area (Å²) in [6.07, 6.45) is 1.57. The van der Waals surface area contributed by atoms with Crippen molar-refractivity contribution in [3.8, 4) is 0 Å². The summed E-state index contributed by atoms with van der Waals surface area (Å²) in [5, 5.41) is 14.7. The van der Waals surface area contributed by atoms with Gasteiger partial charge in [-0.25, -0.2) is 0 Å². The Balaban J connectivity index is 1.96. The first-order valence-corrected chi connectivity index (χ1v) is 7.77. The van der Waals surface area contributed by atoms with Crippen molar-refractivity contribution in [2.75, 3.05) is 5.32 Å². The number of carboxylic acids is 1. The second-order valence-electron chi connectivity index (χ2n) is 6.08. The Hall–Kier alpha value is -2.37. The Kier molecular flexibility index (Phi) is 5.36. The highest BCUT2D eigenvalue weighted by molar-refractivity contribution is 5.88. The number of hydrogen-bond donors (Lipinski definition) is 3. The molecule has 1 fully saturated rings. The van der Waals surface area contributed by atoms with Gasteiger partial charge in [-0.2, -0.15) is 0 Å². The molecule has 0 aliphatic heterocycles. The van der Waals surface area contributed by atoms with Crippen LogP contribution in [0.2, 0.25) is 0 Å². The van der Waals surface area contributed by atoms with E-state index >= 15 is 0 Å². The molecule has 1 aromatic rings. The van der Waals surface area contributed by atoms with E-state index in [0.29, 0.717) is 24.9 Å². The lowest BCUT2D eigenvalue weighted by Crippen LogP contribution is -2.32. The highest BCUT2D eigenvalue weighted by atomic mass is 16.4. The average molecular weight is 318 g/mol. The second kappa shape index (κ2) is 7.26. The maximum atomic E-state index is 12.3. The van der Waals surface area contributed by atoms with Gasteiger partial charge in [0, 0.05) is 18.5 Å². The molecule has 2 amide bonds. The van der Waals surface area contributed by atoms with E-state index in [9.17, 15) is 14.4 Å². The normalized spacial score (nSPS) is 21.5. The van der Waals surface area contributed by atoms with Crippen molar-refractivity contribution < 1.29 is 19.5 Å². The van der Waals surface area contributed by atoms with Crippen molar-refractivity contribution >= 4 is 23.5 Å². The molecule has 23 heavy (non-hydrogen) atoms. The lowest BCUT2D eigenvalue weighted by atomic mass is 10.0. The number of hydrogen-bond acceptors (Lipinski definition) is 3. The van der Waals surface area contributed by atoms with E-state index in [1.807, 2.05) is 25.1 Å². The van der Waals surface area contributed by atoms with E-state index in [0.717, 1.165) is 5.56 Å². The van der Waals surface area contributed by atoms with Crippen molar-refractivity contribution in [3.63, 3.8) is 0 Å². The van der Waals surface area contributed by atoms with Crippen LogP contribution in [0, 0.1) is 11.8 Å². The SMILES string of the molecule is CC(=O)Nc1cccc(C(C)NC(=O)[C@@H]2CC[C@H](C(=O)O)C2)c1. The van der Waals surface area contributed by atoms with Crippen LogP contribution in [0.25, 0.3) is 0 Å². The molecule has 0 heterocycles. The number of aliphatic carboxylic acids is 1. The number of amides is 2. The van der Waals surface area contributed by atoms with Gasteiger partial charge in [-0.1, -0.05) is 12.1 Å². The molecule has 124 valence electrons. The summed E-state index contributed by atoms with van der Waals surface area (Å²) < 4.78 is 0. The van der Waals surface area contributed by atoms with E-state index in [2.05, 4.69) is 10.6 Å². The minimum absolute atomic E-state index is 0.105. The van der Waals surface area contributed by atoms with Crippen LogP contribution < -0.4 is 10.6 Å². The van der Waals surface area contributed by atoms with Gasteiger partial charge in [0.05, 0.1) is 12.0 Å². The summed E-state index contributed by atoms with van der Waals surface area (Å²) in [7, 11) is 0. The molecule has 1 aromatic carbocycles. The Labute approximate surface area is 135 Å². The van der Waals surface area contributed by atoms with Crippen LogP contribution in [0.4, 0.5) is 5.69 Å². The number of carbonyl (C=O) groups excluding carboxylic acids is 2. The standard InChI is InChI=1S/C17H22N2O4/c1-10(12-4-3-5-15(9-12)19-11(2)20)18-16(21)13-6-7-14(8-13)17(22)23/h3-5,9-10,13-14H,6-8H2,1-2H3,(H,18,21)(H,19,20)(H,22,23)/t10?,13-,14+/m1/s1. The third kappa shape index (κ3) is 4.55. The lowest BCUT2D eigenvalue weighted by molar-refractivity contribution is -0.141. The summed E-state index contributed by atoms with van der Waals surface area (Å²) in [5.74, 6) is -1.73. The van der Waals surface area contributed by atoms with Gasteiger partial charge in [0.2, 0.25) is 11.8 Å². The van der Waals surface area contributed by atoms with Gasteiger partial charge in [0.15, 0.2) is 0 Å². The zero-order valence-electron chi connectivity index (χ0n) is 13.3. The molecule has 3 atom stereocenters. The van der Waals surface area contributed by atoms with E-state index in [1.54, 1.807) is 6.07 Å². The van der Waals surface area contributed by atoms with Crippen molar-refractivity contribution in [2.24, 2.45) is 11.8 Å². The number of carboxylic acid groups (broad SMARTS) is 1. The Morgan fingerprint density at radius 2 is 1.91 bits per heavy atom. The van der Waals surface area contributed by atoms with E-state index in [4.69, 9.17) is 5.11 Å². The fourth-order valence-corrected chi connectivity index (χ4v) is 2.95. The molecule has 0 spiro atoms. The smallest absolute Gasteiger partial charge is 0.306 e. The van der Waals surface area contributed by atoms with Crippen molar-refractivity contribution in [3.05, 3.63) is 29.8 Å². The molecule has 0 bridgehead atoms. The number of anilines is 1. The molecule has 6 nitrogen and oxygen atoms in total. The van der Waals surface area contributed by atoms with Gasteiger partial charge in [0.25, 0.3) is 0 Å². The molecule has 2 rings (SSSR count). The second-order valence-corrected chi connectivity index (χ2v) is 6.08. The van der Waals surface area contributed by atoms with E-state index < -0.39 is 11.9 Å². The fourth-order valence-electron chi connectivity index (χ4n) is 2.95. The zero-order chi connectivity index (χ0) is 17.0. The number of carbonyl (C=O) groups is 3. The minimum Gasteiger partial charge on any atom is -0.481 e. The number of benzene rings is 1. The largest absolute Gasteiger partial charge is 0.481 e. The fraction of sp³-hybridized carbons (Fsp3) is 0.471. The molecule has 1 aliphatic rings. The monoisotopic (exact) mass is 318 g/mol. The Bertz CT molecular complexity index is 614. The number of nitrogens with one attached hydrogen (secondary N) is 2. The highest BCUT2D eigenvalue weighted by Crippen LogP contribution is 2.31. The third-order valence-corrected chi connectivity index (χ3v) is 4.22. The van der Waals surface area contributed by atoms with Gasteiger partial charge < -0.3 is 15.7 Å². The maximum absolute atomic E-state index is 12.3.